The van der Waals surface area contributed by atoms with Crippen molar-refractivity contribution >= 4 is 6.09 Å². The van der Waals surface area contributed by atoms with Crippen LogP contribution < -0.4 is 15.8 Å². The highest BCUT2D eigenvalue weighted by molar-refractivity contribution is 5.70. The summed E-state index contributed by atoms with van der Waals surface area (Å²) in [5, 5.41) is 2.84. The van der Waals surface area contributed by atoms with Crippen molar-refractivity contribution in [1.82, 2.24) is 5.32 Å². The lowest BCUT2D eigenvalue weighted by Gasteiger charge is -2.23. The third-order valence-electron chi connectivity index (χ3n) is 3.16. The Hall–Kier alpha value is -1.90. The Labute approximate surface area is 113 Å². The van der Waals surface area contributed by atoms with Crippen molar-refractivity contribution in [2.24, 2.45) is 5.73 Å². The van der Waals surface area contributed by atoms with E-state index in [0.29, 0.717) is 5.75 Å². The Morgan fingerprint density at radius 2 is 2.11 bits per heavy atom. The van der Waals surface area contributed by atoms with Crippen molar-refractivity contribution < 1.29 is 9.53 Å². The van der Waals surface area contributed by atoms with Crippen LogP contribution in [0.25, 0.3) is 0 Å². The predicted octanol–water partition coefficient (Wildman–Crippen LogP) is 2.40. The third-order valence-corrected chi connectivity index (χ3v) is 3.16. The van der Waals surface area contributed by atoms with Gasteiger partial charge in [0.15, 0.2) is 12.5 Å². The fraction of sp³-hybridized carbons (Fsp3) is 0.400. The molecule has 0 bridgehead atoms. The Kier molecular flexibility index (Phi) is 4.90. The number of nitrogens with one attached hydrogen (secondary N) is 1. The van der Waals surface area contributed by atoms with Gasteiger partial charge in [-0.25, -0.2) is 4.79 Å². The van der Waals surface area contributed by atoms with Crippen LogP contribution in [0.15, 0.2) is 36.4 Å². The molecule has 1 aromatic rings. The summed E-state index contributed by atoms with van der Waals surface area (Å²) < 4.78 is 5.20. The average Bonchev–Trinajstić information content (AvgIpc) is 2.40. The van der Waals surface area contributed by atoms with E-state index in [0.717, 1.165) is 25.7 Å². The number of carbonyl (C=O) groups is 1. The smallest absolute Gasteiger partial charge is 0.410 e. The first kappa shape index (κ1) is 13.5. The number of amides is 1. The highest BCUT2D eigenvalue weighted by Crippen LogP contribution is 2.13. The van der Waals surface area contributed by atoms with E-state index in [-0.39, 0.29) is 12.1 Å². The van der Waals surface area contributed by atoms with Crippen LogP contribution in [0.1, 0.15) is 25.7 Å². The number of hydrogen-bond donors (Lipinski definition) is 2. The second-order valence-corrected chi connectivity index (χ2v) is 4.64. The van der Waals surface area contributed by atoms with Crippen molar-refractivity contribution in [3.8, 4) is 5.75 Å². The molecule has 100 valence electrons. The molecule has 0 saturated carbocycles. The molecule has 2 atom stereocenters. The van der Waals surface area contributed by atoms with Gasteiger partial charge in [-0.3, -0.25) is 0 Å². The van der Waals surface area contributed by atoms with Crippen LogP contribution >= 0.6 is 0 Å². The van der Waals surface area contributed by atoms with E-state index in [9.17, 15) is 4.79 Å². The molecule has 4 heteroatoms. The van der Waals surface area contributed by atoms with Gasteiger partial charge in [-0.1, -0.05) is 18.2 Å². The van der Waals surface area contributed by atoms with Crippen molar-refractivity contribution in [3.05, 3.63) is 42.5 Å². The molecular formula is C15H19N2O2+. The number of ether oxygens (including phenoxy) is 1. The maximum absolute atomic E-state index is 11.8. The largest absolute Gasteiger partial charge is 0.412 e. The Balaban J connectivity index is 1.88. The lowest BCUT2D eigenvalue weighted by atomic mass is 9.96. The Morgan fingerprint density at radius 3 is 2.89 bits per heavy atom. The Morgan fingerprint density at radius 1 is 1.32 bits per heavy atom. The van der Waals surface area contributed by atoms with Gasteiger partial charge in [-0.15, -0.1) is 0 Å². The number of benzene rings is 1. The van der Waals surface area contributed by atoms with Crippen LogP contribution in [0.2, 0.25) is 0 Å². The molecule has 2 unspecified atom stereocenters. The molecular weight excluding hydrogens is 240 g/mol. The SMILES string of the molecule is NC1CCC=[C+]CCC1NC(=O)Oc1ccccc1. The number of nitrogens with two attached hydrogens (primary N) is 1. The summed E-state index contributed by atoms with van der Waals surface area (Å²) in [6, 6.07) is 8.91. The minimum atomic E-state index is -0.448. The predicted molar refractivity (Wildman–Crippen MR) is 73.6 cm³/mol. The summed E-state index contributed by atoms with van der Waals surface area (Å²) >= 11 is 0. The van der Waals surface area contributed by atoms with Gasteiger partial charge in [0.2, 0.25) is 6.08 Å². The number of allylic oxidation sites excluding steroid dienone is 2. The molecule has 0 spiro atoms. The van der Waals surface area contributed by atoms with Gasteiger partial charge in [0, 0.05) is 18.9 Å². The molecule has 19 heavy (non-hydrogen) atoms. The summed E-state index contributed by atoms with van der Waals surface area (Å²) in [5.41, 5.74) is 6.07. The molecule has 3 N–H and O–H groups in total. The molecule has 0 heterocycles. The van der Waals surface area contributed by atoms with Crippen molar-refractivity contribution in [2.75, 3.05) is 0 Å². The third kappa shape index (κ3) is 4.36. The average molecular weight is 259 g/mol. The number of rotatable bonds is 2. The number of hydrogen-bond acceptors (Lipinski definition) is 3. The molecule has 2 rings (SSSR count). The van der Waals surface area contributed by atoms with Crippen molar-refractivity contribution in [3.63, 3.8) is 0 Å². The Bertz CT molecular complexity index is 431. The zero-order chi connectivity index (χ0) is 13.5. The molecule has 0 radical (unpaired) electrons. The maximum atomic E-state index is 11.8. The quantitative estimate of drug-likeness (QED) is 0.802. The summed E-state index contributed by atoms with van der Waals surface area (Å²) in [7, 11) is 0. The summed E-state index contributed by atoms with van der Waals surface area (Å²) in [6.07, 6.45) is 8.13. The molecule has 0 fully saturated rings. The number of para-hydroxylation sites is 1. The molecule has 1 amide bonds. The van der Waals surface area contributed by atoms with Crippen LogP contribution in [0.3, 0.4) is 0 Å². The van der Waals surface area contributed by atoms with Gasteiger partial charge in [0.25, 0.3) is 0 Å². The van der Waals surface area contributed by atoms with Gasteiger partial charge in [-0.05, 0) is 18.6 Å². The van der Waals surface area contributed by atoms with E-state index in [1.165, 1.54) is 0 Å². The minimum absolute atomic E-state index is 0.0401. The van der Waals surface area contributed by atoms with E-state index in [1.54, 1.807) is 12.1 Å². The lowest BCUT2D eigenvalue weighted by Crippen LogP contribution is -2.48. The molecule has 1 aliphatic rings. The van der Waals surface area contributed by atoms with Crippen LogP contribution in [0, 0.1) is 6.08 Å². The van der Waals surface area contributed by atoms with Gasteiger partial charge in [0.1, 0.15) is 5.75 Å². The van der Waals surface area contributed by atoms with Gasteiger partial charge in [0.05, 0.1) is 6.04 Å². The van der Waals surface area contributed by atoms with Crippen LogP contribution in [-0.2, 0) is 0 Å². The van der Waals surface area contributed by atoms with E-state index in [4.69, 9.17) is 10.5 Å². The molecule has 0 aliphatic heterocycles. The van der Waals surface area contributed by atoms with Crippen LogP contribution in [0.5, 0.6) is 5.75 Å². The van der Waals surface area contributed by atoms with Crippen molar-refractivity contribution in [2.45, 2.75) is 37.8 Å². The first-order valence-electron chi connectivity index (χ1n) is 6.60. The van der Waals surface area contributed by atoms with E-state index < -0.39 is 6.09 Å². The zero-order valence-electron chi connectivity index (χ0n) is 10.8. The maximum Gasteiger partial charge on any atom is 0.412 e. The molecule has 1 aromatic carbocycles. The fourth-order valence-electron chi connectivity index (χ4n) is 2.09. The first-order chi connectivity index (χ1) is 9.25. The monoisotopic (exact) mass is 259 g/mol. The van der Waals surface area contributed by atoms with E-state index in [2.05, 4.69) is 11.4 Å². The van der Waals surface area contributed by atoms with Gasteiger partial charge < -0.3 is 15.8 Å². The highest BCUT2D eigenvalue weighted by Gasteiger charge is 2.23. The van der Waals surface area contributed by atoms with Gasteiger partial charge >= 0.3 is 6.09 Å². The van der Waals surface area contributed by atoms with E-state index >= 15 is 0 Å². The van der Waals surface area contributed by atoms with Crippen molar-refractivity contribution in [1.29, 1.82) is 0 Å². The standard InChI is InChI=1S/C15H18N2O2/c16-13-10-6-1-2-7-11-14(13)17-15(18)19-12-8-4-3-5-9-12/h1,3-5,8-9,13-14H,6-7,10-11,16H2/p+1. The zero-order valence-corrected chi connectivity index (χ0v) is 10.8. The summed E-state index contributed by atoms with van der Waals surface area (Å²) in [5.74, 6) is 0.533. The highest BCUT2D eigenvalue weighted by atomic mass is 16.6. The number of carbonyl (C=O) groups excluding carboxylic acids is 1. The minimum Gasteiger partial charge on any atom is -0.410 e. The van der Waals surface area contributed by atoms with Crippen LogP contribution in [-0.4, -0.2) is 18.2 Å². The second-order valence-electron chi connectivity index (χ2n) is 4.64. The first-order valence-corrected chi connectivity index (χ1v) is 6.60. The molecule has 0 aromatic heterocycles. The molecule has 1 aliphatic carbocycles. The molecule has 0 saturated heterocycles. The van der Waals surface area contributed by atoms with Crippen LogP contribution in [0.4, 0.5) is 4.79 Å². The lowest BCUT2D eigenvalue weighted by molar-refractivity contribution is 0.192. The second kappa shape index (κ2) is 6.88. The van der Waals surface area contributed by atoms with E-state index in [1.807, 2.05) is 24.3 Å². The normalized spacial score (nSPS) is 22.8. The fourth-order valence-corrected chi connectivity index (χ4v) is 2.09. The summed E-state index contributed by atoms with van der Waals surface area (Å²) in [4.78, 5) is 11.8. The summed E-state index contributed by atoms with van der Waals surface area (Å²) in [6.45, 7) is 0. The molecule has 4 nitrogen and oxygen atoms in total. The topological polar surface area (TPSA) is 64.3 Å². The van der Waals surface area contributed by atoms with Gasteiger partial charge in [-0.2, -0.15) is 0 Å².